The van der Waals surface area contributed by atoms with Gasteiger partial charge in [0, 0.05) is 5.92 Å². The Bertz CT molecular complexity index is 559. The number of nitrogens with one attached hydrogen (secondary N) is 1. The molecule has 0 bridgehead atoms. The predicted octanol–water partition coefficient (Wildman–Crippen LogP) is 1.89. The van der Waals surface area contributed by atoms with Crippen molar-refractivity contribution < 1.29 is 32.6 Å². The third kappa shape index (κ3) is 4.11. The van der Waals surface area contributed by atoms with E-state index in [2.05, 4.69) is 10.1 Å². The molecule has 21 heavy (non-hydrogen) atoms. The van der Waals surface area contributed by atoms with Gasteiger partial charge in [-0.25, -0.2) is 0 Å². The van der Waals surface area contributed by atoms with Crippen LogP contribution in [0.25, 0.3) is 0 Å². The number of rotatable bonds is 5. The van der Waals surface area contributed by atoms with Gasteiger partial charge in [-0.15, -0.1) is 13.2 Å². The monoisotopic (exact) mass is 303 g/mol. The molecule has 1 aliphatic carbocycles. The van der Waals surface area contributed by atoms with Crippen molar-refractivity contribution in [2.75, 3.05) is 6.54 Å². The van der Waals surface area contributed by atoms with E-state index in [0.29, 0.717) is 12.0 Å². The summed E-state index contributed by atoms with van der Waals surface area (Å²) in [5, 5.41) is 10.7. The molecule has 0 spiro atoms. The highest BCUT2D eigenvalue weighted by Crippen LogP contribution is 2.50. The van der Waals surface area contributed by atoms with Crippen LogP contribution in [0.3, 0.4) is 0 Å². The van der Waals surface area contributed by atoms with Gasteiger partial charge in [0.05, 0.1) is 0 Å². The van der Waals surface area contributed by atoms with Crippen LogP contribution in [0.15, 0.2) is 24.3 Å². The first-order chi connectivity index (χ1) is 9.78. The minimum absolute atomic E-state index is 0.297. The van der Waals surface area contributed by atoms with Gasteiger partial charge in [-0.3, -0.25) is 9.59 Å². The number of benzene rings is 1. The Labute approximate surface area is 117 Å². The molecule has 114 valence electrons. The second-order valence-electron chi connectivity index (χ2n) is 4.65. The van der Waals surface area contributed by atoms with Gasteiger partial charge in [-0.2, -0.15) is 0 Å². The Kier molecular flexibility index (Phi) is 4.06. The summed E-state index contributed by atoms with van der Waals surface area (Å²) in [5.41, 5.74) is 0.297. The quantitative estimate of drug-likeness (QED) is 0.871. The van der Waals surface area contributed by atoms with Gasteiger partial charge in [-0.05, 0) is 24.0 Å². The van der Waals surface area contributed by atoms with Gasteiger partial charge in [0.2, 0.25) is 5.91 Å². The van der Waals surface area contributed by atoms with Gasteiger partial charge in [-0.1, -0.05) is 18.2 Å². The first-order valence-corrected chi connectivity index (χ1v) is 6.12. The summed E-state index contributed by atoms with van der Waals surface area (Å²) in [6, 6.07) is 5.62. The van der Waals surface area contributed by atoms with Crippen LogP contribution in [-0.4, -0.2) is 29.9 Å². The number of halogens is 3. The van der Waals surface area contributed by atoms with Gasteiger partial charge < -0.3 is 15.2 Å². The lowest BCUT2D eigenvalue weighted by Crippen LogP contribution is -2.30. The number of hydrogen-bond donors (Lipinski definition) is 2. The summed E-state index contributed by atoms with van der Waals surface area (Å²) in [4.78, 5) is 22.0. The smallest absolute Gasteiger partial charge is 0.480 e. The minimum atomic E-state index is -4.80. The number of para-hydroxylation sites is 1. The van der Waals surface area contributed by atoms with Gasteiger partial charge in [0.15, 0.2) is 0 Å². The van der Waals surface area contributed by atoms with Crippen molar-refractivity contribution in [3.05, 3.63) is 29.8 Å². The SMILES string of the molecule is O=C(O)CNC(=O)[C@@H]1C[C@H]1c1ccccc1OC(F)(F)F. The maximum absolute atomic E-state index is 12.3. The van der Waals surface area contributed by atoms with Crippen LogP contribution in [0, 0.1) is 5.92 Å². The Morgan fingerprint density at radius 3 is 2.62 bits per heavy atom. The van der Waals surface area contributed by atoms with Gasteiger partial charge in [0.25, 0.3) is 0 Å². The van der Waals surface area contributed by atoms with Crippen molar-refractivity contribution in [1.29, 1.82) is 0 Å². The highest BCUT2D eigenvalue weighted by Gasteiger charge is 2.46. The number of amides is 1. The number of ether oxygens (including phenoxy) is 1. The van der Waals surface area contributed by atoms with Crippen LogP contribution in [0.5, 0.6) is 5.75 Å². The van der Waals surface area contributed by atoms with Crippen LogP contribution in [0.2, 0.25) is 0 Å². The molecule has 8 heteroatoms. The molecular formula is C13H12F3NO4. The van der Waals surface area contributed by atoms with E-state index in [9.17, 15) is 22.8 Å². The molecule has 0 aliphatic heterocycles. The summed E-state index contributed by atoms with van der Waals surface area (Å²) in [7, 11) is 0. The Morgan fingerprint density at radius 1 is 1.33 bits per heavy atom. The number of carboxylic acids is 1. The lowest BCUT2D eigenvalue weighted by Gasteiger charge is -2.13. The van der Waals surface area contributed by atoms with Crippen molar-refractivity contribution in [3.8, 4) is 5.75 Å². The zero-order valence-corrected chi connectivity index (χ0v) is 10.7. The van der Waals surface area contributed by atoms with E-state index in [0.717, 1.165) is 0 Å². The molecule has 2 rings (SSSR count). The first kappa shape index (κ1) is 15.1. The molecule has 1 aromatic rings. The fraction of sp³-hybridized carbons (Fsp3) is 0.385. The Morgan fingerprint density at radius 2 is 2.00 bits per heavy atom. The van der Waals surface area contributed by atoms with Crippen LogP contribution >= 0.6 is 0 Å². The minimum Gasteiger partial charge on any atom is -0.480 e. The standard InChI is InChI=1S/C13H12F3NO4/c14-13(15,16)21-10-4-2-1-3-7(10)8-5-9(8)12(20)17-6-11(18)19/h1-4,8-9H,5-6H2,(H,17,20)(H,18,19)/t8-,9+/m0/s1. The van der Waals surface area contributed by atoms with Gasteiger partial charge >= 0.3 is 12.3 Å². The van der Waals surface area contributed by atoms with Crippen molar-refractivity contribution >= 4 is 11.9 Å². The second-order valence-corrected chi connectivity index (χ2v) is 4.65. The normalized spacial score (nSPS) is 20.7. The average molecular weight is 303 g/mol. The van der Waals surface area contributed by atoms with E-state index in [4.69, 9.17) is 5.11 Å². The maximum Gasteiger partial charge on any atom is 0.573 e. The molecule has 2 N–H and O–H groups in total. The van der Waals surface area contributed by atoms with E-state index in [-0.39, 0.29) is 5.75 Å². The molecule has 1 fully saturated rings. The summed E-state index contributed by atoms with van der Waals surface area (Å²) >= 11 is 0. The summed E-state index contributed by atoms with van der Waals surface area (Å²) < 4.78 is 40.8. The van der Waals surface area contributed by atoms with Crippen molar-refractivity contribution in [1.82, 2.24) is 5.32 Å². The highest BCUT2D eigenvalue weighted by atomic mass is 19.4. The van der Waals surface area contributed by atoms with Crippen LogP contribution in [-0.2, 0) is 9.59 Å². The topological polar surface area (TPSA) is 75.6 Å². The molecule has 0 unspecified atom stereocenters. The fourth-order valence-corrected chi connectivity index (χ4v) is 2.13. The molecule has 1 aromatic carbocycles. The first-order valence-electron chi connectivity index (χ1n) is 6.12. The van der Waals surface area contributed by atoms with E-state index >= 15 is 0 Å². The summed E-state index contributed by atoms with van der Waals surface area (Å²) in [6.45, 7) is -0.511. The molecular weight excluding hydrogens is 291 g/mol. The van der Waals surface area contributed by atoms with Crippen LogP contribution in [0.4, 0.5) is 13.2 Å². The van der Waals surface area contributed by atoms with Crippen LogP contribution < -0.4 is 10.1 Å². The molecule has 2 atom stereocenters. The lowest BCUT2D eigenvalue weighted by atomic mass is 10.1. The molecule has 0 saturated heterocycles. The van der Waals surface area contributed by atoms with Crippen molar-refractivity contribution in [2.45, 2.75) is 18.7 Å². The summed E-state index contributed by atoms with van der Waals surface area (Å²) in [6.07, 6.45) is -4.43. The Hall–Kier alpha value is -2.25. The molecule has 1 saturated carbocycles. The molecule has 1 amide bonds. The molecule has 1 aliphatic rings. The molecule has 0 heterocycles. The number of carbonyl (C=O) groups excluding carboxylic acids is 1. The largest absolute Gasteiger partial charge is 0.573 e. The molecule has 5 nitrogen and oxygen atoms in total. The van der Waals surface area contributed by atoms with E-state index in [1.54, 1.807) is 6.07 Å². The zero-order valence-electron chi connectivity index (χ0n) is 10.7. The number of carbonyl (C=O) groups is 2. The number of alkyl halides is 3. The average Bonchev–Trinajstić information content (AvgIpc) is 3.15. The number of hydrogen-bond acceptors (Lipinski definition) is 3. The zero-order chi connectivity index (χ0) is 15.6. The van der Waals surface area contributed by atoms with Crippen molar-refractivity contribution in [3.63, 3.8) is 0 Å². The lowest BCUT2D eigenvalue weighted by molar-refractivity contribution is -0.274. The Balaban J connectivity index is 2.04. The third-order valence-electron chi connectivity index (χ3n) is 3.09. The number of aliphatic carboxylic acids is 1. The van der Waals surface area contributed by atoms with Crippen LogP contribution in [0.1, 0.15) is 17.9 Å². The van der Waals surface area contributed by atoms with Gasteiger partial charge in [0.1, 0.15) is 12.3 Å². The number of carboxylic acid groups (broad SMARTS) is 1. The highest BCUT2D eigenvalue weighted by molar-refractivity contribution is 5.86. The van der Waals surface area contributed by atoms with E-state index < -0.39 is 36.6 Å². The molecule has 0 aromatic heterocycles. The molecule has 0 radical (unpaired) electrons. The predicted molar refractivity (Wildman–Crippen MR) is 64.6 cm³/mol. The summed E-state index contributed by atoms with van der Waals surface area (Å²) in [5.74, 6) is -2.91. The maximum atomic E-state index is 12.3. The van der Waals surface area contributed by atoms with E-state index in [1.807, 2.05) is 0 Å². The van der Waals surface area contributed by atoms with E-state index in [1.165, 1.54) is 18.2 Å². The third-order valence-corrected chi connectivity index (χ3v) is 3.09. The second kappa shape index (κ2) is 5.63. The fourth-order valence-electron chi connectivity index (χ4n) is 2.13. The van der Waals surface area contributed by atoms with Crippen molar-refractivity contribution in [2.24, 2.45) is 5.92 Å².